The third-order valence-corrected chi connectivity index (χ3v) is 4.28. The molecule has 0 saturated heterocycles. The lowest BCUT2D eigenvalue weighted by molar-refractivity contribution is -0.384. The topological polar surface area (TPSA) is 72.2 Å². The van der Waals surface area contributed by atoms with Gasteiger partial charge in [-0.2, -0.15) is 0 Å². The summed E-state index contributed by atoms with van der Waals surface area (Å²) >= 11 is 4.87. The van der Waals surface area contributed by atoms with Crippen LogP contribution in [0.15, 0.2) is 34.1 Å². The molecule has 0 fully saturated rings. The summed E-state index contributed by atoms with van der Waals surface area (Å²) in [6, 6.07) is 6.27. The number of nitro benzene ring substituents is 1. The van der Waals surface area contributed by atoms with Crippen LogP contribution in [0.4, 0.5) is 5.69 Å². The van der Waals surface area contributed by atoms with Crippen molar-refractivity contribution >= 4 is 38.9 Å². The monoisotopic (exact) mass is 354 g/mol. The van der Waals surface area contributed by atoms with E-state index in [9.17, 15) is 14.9 Å². The van der Waals surface area contributed by atoms with Crippen LogP contribution >= 0.6 is 27.3 Å². The Morgan fingerprint density at radius 2 is 2.15 bits per heavy atom. The molecule has 1 aromatic heterocycles. The third-order valence-electron chi connectivity index (χ3n) is 2.58. The van der Waals surface area contributed by atoms with Crippen molar-refractivity contribution in [3.8, 4) is 0 Å². The van der Waals surface area contributed by atoms with E-state index in [4.69, 9.17) is 0 Å². The van der Waals surface area contributed by atoms with E-state index in [1.807, 2.05) is 11.4 Å². The number of carbonyl (C=O) groups is 1. The molecular formula is C13H11BrN2O3S. The number of nitro groups is 1. The van der Waals surface area contributed by atoms with Crippen LogP contribution in [0.2, 0.25) is 0 Å². The quantitative estimate of drug-likeness (QED) is 0.672. The van der Waals surface area contributed by atoms with Crippen LogP contribution in [0.1, 0.15) is 20.8 Å². The average molecular weight is 355 g/mol. The fraction of sp³-hybridized carbons (Fsp3) is 0.154. The van der Waals surface area contributed by atoms with Crippen molar-refractivity contribution in [1.29, 1.82) is 0 Å². The highest BCUT2D eigenvalue weighted by Gasteiger charge is 2.13. The molecule has 0 saturated carbocycles. The second-order valence-corrected chi connectivity index (χ2v) is 6.14. The van der Waals surface area contributed by atoms with E-state index >= 15 is 0 Å². The molecule has 1 amide bonds. The van der Waals surface area contributed by atoms with E-state index in [1.54, 1.807) is 13.0 Å². The number of aryl methyl sites for hydroxylation is 1. The fourth-order valence-electron chi connectivity index (χ4n) is 1.72. The second-order valence-electron chi connectivity index (χ2n) is 4.23. The minimum absolute atomic E-state index is 0.0750. The number of nitrogens with one attached hydrogen (secondary N) is 1. The van der Waals surface area contributed by atoms with Gasteiger partial charge in [-0.1, -0.05) is 0 Å². The summed E-state index contributed by atoms with van der Waals surface area (Å²) in [5, 5.41) is 15.5. The molecule has 1 aromatic carbocycles. The molecular weight excluding hydrogens is 344 g/mol. The number of halogens is 1. The number of thiophene rings is 1. The van der Waals surface area contributed by atoms with E-state index in [-0.39, 0.29) is 11.6 Å². The van der Waals surface area contributed by atoms with Gasteiger partial charge in [0.1, 0.15) is 0 Å². The molecule has 2 rings (SSSR count). The highest BCUT2D eigenvalue weighted by molar-refractivity contribution is 9.10. The number of hydrogen-bond donors (Lipinski definition) is 1. The molecule has 0 aliphatic carbocycles. The van der Waals surface area contributed by atoms with Crippen LogP contribution in [0.3, 0.4) is 0 Å². The van der Waals surface area contributed by atoms with E-state index in [0.29, 0.717) is 17.7 Å². The number of benzene rings is 1. The summed E-state index contributed by atoms with van der Waals surface area (Å²) in [5.41, 5.74) is 0.907. The van der Waals surface area contributed by atoms with Gasteiger partial charge >= 0.3 is 0 Å². The summed E-state index contributed by atoms with van der Waals surface area (Å²) < 4.78 is 0.970. The van der Waals surface area contributed by atoms with Gasteiger partial charge in [-0.15, -0.1) is 11.3 Å². The van der Waals surface area contributed by atoms with Crippen LogP contribution in [0.5, 0.6) is 0 Å². The first-order valence-corrected chi connectivity index (χ1v) is 7.40. The Kier molecular flexibility index (Phi) is 4.51. The van der Waals surface area contributed by atoms with Gasteiger partial charge in [0.2, 0.25) is 0 Å². The summed E-state index contributed by atoms with van der Waals surface area (Å²) in [7, 11) is 0. The standard InChI is InChI=1S/C13H11BrN2O3S/c1-8-2-9(4-11(3-8)16(18)19)13(17)15-6-12-5-10(14)7-20-12/h2-5,7H,6H2,1H3,(H,15,17). The summed E-state index contributed by atoms with van der Waals surface area (Å²) in [5.74, 6) is -0.318. The molecule has 20 heavy (non-hydrogen) atoms. The lowest BCUT2D eigenvalue weighted by Gasteiger charge is -2.05. The van der Waals surface area contributed by atoms with Gasteiger partial charge in [-0.25, -0.2) is 0 Å². The first-order chi connectivity index (χ1) is 9.45. The van der Waals surface area contributed by atoms with E-state index < -0.39 is 4.92 Å². The molecule has 2 aromatic rings. The molecule has 0 unspecified atom stereocenters. The van der Waals surface area contributed by atoms with Gasteiger partial charge < -0.3 is 5.32 Å². The minimum Gasteiger partial charge on any atom is -0.347 e. The first-order valence-electron chi connectivity index (χ1n) is 5.73. The predicted molar refractivity (Wildman–Crippen MR) is 81.0 cm³/mol. The normalized spacial score (nSPS) is 10.3. The maximum Gasteiger partial charge on any atom is 0.270 e. The summed E-state index contributed by atoms with van der Waals surface area (Å²) in [6.07, 6.45) is 0. The van der Waals surface area contributed by atoms with Gasteiger partial charge in [0, 0.05) is 32.4 Å². The molecule has 0 radical (unpaired) electrons. The fourth-order valence-corrected chi connectivity index (χ4v) is 3.11. The highest BCUT2D eigenvalue weighted by atomic mass is 79.9. The Balaban J connectivity index is 2.10. The molecule has 104 valence electrons. The lowest BCUT2D eigenvalue weighted by atomic mass is 10.1. The van der Waals surface area contributed by atoms with Gasteiger partial charge in [0.05, 0.1) is 11.5 Å². The average Bonchev–Trinajstić information content (AvgIpc) is 2.81. The van der Waals surface area contributed by atoms with Gasteiger partial charge in [0.25, 0.3) is 11.6 Å². The zero-order valence-electron chi connectivity index (χ0n) is 10.6. The Morgan fingerprint density at radius 3 is 2.75 bits per heavy atom. The molecule has 0 atom stereocenters. The number of non-ortho nitro benzene ring substituents is 1. The number of amides is 1. The molecule has 1 heterocycles. The summed E-state index contributed by atoms with van der Waals surface area (Å²) in [6.45, 7) is 2.12. The molecule has 0 aliphatic heterocycles. The zero-order valence-corrected chi connectivity index (χ0v) is 13.0. The van der Waals surface area contributed by atoms with E-state index in [1.165, 1.54) is 23.5 Å². The number of rotatable bonds is 4. The van der Waals surface area contributed by atoms with Crippen LogP contribution < -0.4 is 5.32 Å². The van der Waals surface area contributed by atoms with Gasteiger partial charge in [-0.3, -0.25) is 14.9 Å². The van der Waals surface area contributed by atoms with Crippen molar-refractivity contribution < 1.29 is 9.72 Å². The molecule has 5 nitrogen and oxygen atoms in total. The van der Waals surface area contributed by atoms with Crippen molar-refractivity contribution in [3.63, 3.8) is 0 Å². The largest absolute Gasteiger partial charge is 0.347 e. The minimum atomic E-state index is -0.500. The second kappa shape index (κ2) is 6.15. The molecule has 0 aliphatic rings. The number of hydrogen-bond acceptors (Lipinski definition) is 4. The molecule has 0 bridgehead atoms. The van der Waals surface area contributed by atoms with Crippen LogP contribution in [0.25, 0.3) is 0 Å². The smallest absolute Gasteiger partial charge is 0.270 e. The van der Waals surface area contributed by atoms with Crippen LogP contribution in [0, 0.1) is 17.0 Å². The number of nitrogens with zero attached hydrogens (tertiary/aromatic N) is 1. The molecule has 7 heteroatoms. The molecule has 1 N–H and O–H groups in total. The predicted octanol–water partition coefficient (Wildman–Crippen LogP) is 3.66. The number of carbonyl (C=O) groups excluding carboxylic acids is 1. The van der Waals surface area contributed by atoms with Crippen molar-refractivity contribution in [3.05, 3.63) is 60.2 Å². The Labute approximate surface area is 127 Å². The lowest BCUT2D eigenvalue weighted by Crippen LogP contribution is -2.22. The summed E-state index contributed by atoms with van der Waals surface area (Å²) in [4.78, 5) is 23.3. The van der Waals surface area contributed by atoms with Crippen LogP contribution in [-0.4, -0.2) is 10.8 Å². The van der Waals surface area contributed by atoms with Crippen molar-refractivity contribution in [2.45, 2.75) is 13.5 Å². The Hall–Kier alpha value is -1.73. The molecule has 0 spiro atoms. The van der Waals surface area contributed by atoms with Gasteiger partial charge in [-0.05, 0) is 40.5 Å². The first kappa shape index (κ1) is 14.7. The third kappa shape index (κ3) is 3.64. The Morgan fingerprint density at radius 1 is 1.40 bits per heavy atom. The van der Waals surface area contributed by atoms with Crippen molar-refractivity contribution in [2.24, 2.45) is 0 Å². The van der Waals surface area contributed by atoms with Crippen molar-refractivity contribution in [2.75, 3.05) is 0 Å². The Bertz CT molecular complexity index is 669. The maximum atomic E-state index is 12.0. The van der Waals surface area contributed by atoms with Crippen molar-refractivity contribution in [1.82, 2.24) is 5.32 Å². The van der Waals surface area contributed by atoms with E-state index in [2.05, 4.69) is 21.2 Å². The maximum absolute atomic E-state index is 12.0. The van der Waals surface area contributed by atoms with E-state index in [0.717, 1.165) is 9.35 Å². The highest BCUT2D eigenvalue weighted by Crippen LogP contribution is 2.20. The van der Waals surface area contributed by atoms with Crippen LogP contribution in [-0.2, 0) is 6.54 Å². The zero-order chi connectivity index (χ0) is 14.7. The SMILES string of the molecule is Cc1cc(C(=O)NCc2cc(Br)cs2)cc([N+](=O)[O-])c1. The van der Waals surface area contributed by atoms with Gasteiger partial charge in [0.15, 0.2) is 0 Å².